The average Bonchev–Trinajstić information content (AvgIpc) is 3.29. The molecule has 0 unspecified atom stereocenters. The number of H-pyrrole nitrogens is 1. The third-order valence-corrected chi connectivity index (χ3v) is 7.37. The van der Waals surface area contributed by atoms with Crippen molar-refractivity contribution in [1.29, 1.82) is 0 Å². The van der Waals surface area contributed by atoms with E-state index in [1.165, 1.54) is 53.4 Å². The molecule has 0 spiro atoms. The van der Waals surface area contributed by atoms with Crippen LogP contribution in [0.1, 0.15) is 55.3 Å². The number of fused-ring (bicyclic) bond motifs is 5. The van der Waals surface area contributed by atoms with Crippen LogP contribution in [0.4, 0.5) is 0 Å². The van der Waals surface area contributed by atoms with Gasteiger partial charge < -0.3 is 10.3 Å². The standard InChI is InChI=1S/C22H27ClN2O/c1-12-6-16(23)10-19-18-11-17(4-5-20(18)25-22(12)19)24-21(26)9-15-8-13-2-3-14(15)7-13/h6,10,13-15,17,25H,2-5,7-9,11H2,1H3,(H,24,26)/t13-,14+,15-,17-/m1/s1. The molecule has 138 valence electrons. The van der Waals surface area contributed by atoms with Crippen LogP contribution in [0.15, 0.2) is 12.1 Å². The van der Waals surface area contributed by atoms with E-state index in [0.29, 0.717) is 5.92 Å². The number of aryl methyl sites for hydroxylation is 2. The van der Waals surface area contributed by atoms with E-state index in [0.717, 1.165) is 42.5 Å². The quantitative estimate of drug-likeness (QED) is 0.790. The van der Waals surface area contributed by atoms with Gasteiger partial charge in [0.1, 0.15) is 0 Å². The highest BCUT2D eigenvalue weighted by Crippen LogP contribution is 2.49. The normalized spacial score (nSPS) is 29.9. The number of aromatic amines is 1. The van der Waals surface area contributed by atoms with Gasteiger partial charge in [0.25, 0.3) is 0 Å². The fourth-order valence-corrected chi connectivity index (χ4v) is 6.20. The van der Waals surface area contributed by atoms with Gasteiger partial charge in [0.05, 0.1) is 0 Å². The average molecular weight is 371 g/mol. The molecule has 0 saturated heterocycles. The first-order chi connectivity index (χ1) is 12.6. The fraction of sp³-hybridized carbons (Fsp3) is 0.591. The van der Waals surface area contributed by atoms with Crippen LogP contribution in [0.25, 0.3) is 10.9 Å². The van der Waals surface area contributed by atoms with Crippen molar-refractivity contribution < 1.29 is 4.79 Å². The van der Waals surface area contributed by atoms with Gasteiger partial charge in [0.15, 0.2) is 0 Å². The maximum atomic E-state index is 12.6. The van der Waals surface area contributed by atoms with Crippen LogP contribution in [0, 0.1) is 24.7 Å². The van der Waals surface area contributed by atoms with Crippen molar-refractivity contribution in [3.05, 3.63) is 34.0 Å². The third-order valence-electron chi connectivity index (χ3n) is 7.16. The van der Waals surface area contributed by atoms with Crippen molar-refractivity contribution in [1.82, 2.24) is 10.3 Å². The van der Waals surface area contributed by atoms with Crippen LogP contribution in [0.3, 0.4) is 0 Å². The summed E-state index contributed by atoms with van der Waals surface area (Å²) in [6, 6.07) is 4.34. The van der Waals surface area contributed by atoms with Gasteiger partial charge in [-0.1, -0.05) is 18.0 Å². The Morgan fingerprint density at radius 3 is 2.92 bits per heavy atom. The number of hydrogen-bond acceptors (Lipinski definition) is 1. The van der Waals surface area contributed by atoms with Crippen LogP contribution in [-0.4, -0.2) is 16.9 Å². The minimum Gasteiger partial charge on any atom is -0.358 e. The topological polar surface area (TPSA) is 44.9 Å². The molecule has 2 fully saturated rings. The molecule has 5 rings (SSSR count). The lowest BCUT2D eigenvalue weighted by Gasteiger charge is -2.26. The lowest BCUT2D eigenvalue weighted by atomic mass is 9.86. The van der Waals surface area contributed by atoms with Gasteiger partial charge in [-0.2, -0.15) is 0 Å². The number of amides is 1. The number of rotatable bonds is 3. The number of hydrogen-bond donors (Lipinski definition) is 2. The molecule has 1 heterocycles. The summed E-state index contributed by atoms with van der Waals surface area (Å²) >= 11 is 6.29. The predicted molar refractivity (Wildman–Crippen MR) is 106 cm³/mol. The zero-order valence-electron chi connectivity index (χ0n) is 15.4. The van der Waals surface area contributed by atoms with Gasteiger partial charge in [0, 0.05) is 34.1 Å². The van der Waals surface area contributed by atoms with Crippen molar-refractivity contribution in [3.63, 3.8) is 0 Å². The van der Waals surface area contributed by atoms with E-state index in [4.69, 9.17) is 11.6 Å². The number of carbonyl (C=O) groups excluding carboxylic acids is 1. The van der Waals surface area contributed by atoms with E-state index in [-0.39, 0.29) is 11.9 Å². The Kier molecular flexibility index (Phi) is 4.04. The summed E-state index contributed by atoms with van der Waals surface area (Å²) in [5, 5.41) is 5.37. The van der Waals surface area contributed by atoms with E-state index in [1.54, 1.807) is 0 Å². The summed E-state index contributed by atoms with van der Waals surface area (Å²) < 4.78 is 0. The highest BCUT2D eigenvalue weighted by Gasteiger charge is 2.40. The van der Waals surface area contributed by atoms with Crippen LogP contribution < -0.4 is 5.32 Å². The second kappa shape index (κ2) is 6.30. The molecule has 3 nitrogen and oxygen atoms in total. The van der Waals surface area contributed by atoms with Crippen LogP contribution in [-0.2, 0) is 17.6 Å². The van der Waals surface area contributed by atoms with Crippen molar-refractivity contribution in [2.24, 2.45) is 17.8 Å². The first-order valence-corrected chi connectivity index (χ1v) is 10.5. The summed E-state index contributed by atoms with van der Waals surface area (Å²) in [4.78, 5) is 16.2. The van der Waals surface area contributed by atoms with E-state index in [9.17, 15) is 4.79 Å². The van der Waals surface area contributed by atoms with E-state index < -0.39 is 0 Å². The number of aromatic nitrogens is 1. The Morgan fingerprint density at radius 1 is 1.27 bits per heavy atom. The molecule has 4 atom stereocenters. The summed E-state index contributed by atoms with van der Waals surface area (Å²) in [5.74, 6) is 2.64. The molecule has 2 saturated carbocycles. The molecule has 1 amide bonds. The second-order valence-corrected chi connectivity index (χ2v) is 9.31. The molecule has 1 aromatic carbocycles. The van der Waals surface area contributed by atoms with Gasteiger partial charge in [-0.25, -0.2) is 0 Å². The summed E-state index contributed by atoms with van der Waals surface area (Å²) in [5.41, 5.74) is 5.07. The SMILES string of the molecule is Cc1cc(Cl)cc2c3c([nH]c12)CC[C@@H](NC(=O)C[C@H]1C[C@@H]2CC[C@H]1C2)C3. The molecule has 4 heteroatoms. The van der Waals surface area contributed by atoms with Gasteiger partial charge in [-0.05, 0) is 86.5 Å². The Hall–Kier alpha value is -1.48. The second-order valence-electron chi connectivity index (χ2n) is 8.87. The highest BCUT2D eigenvalue weighted by molar-refractivity contribution is 6.31. The van der Waals surface area contributed by atoms with Crippen LogP contribution in [0.2, 0.25) is 5.02 Å². The Morgan fingerprint density at radius 2 is 2.15 bits per heavy atom. The maximum absolute atomic E-state index is 12.6. The monoisotopic (exact) mass is 370 g/mol. The number of nitrogens with one attached hydrogen (secondary N) is 2. The molecular weight excluding hydrogens is 344 g/mol. The molecule has 2 aromatic rings. The minimum atomic E-state index is 0.256. The van der Waals surface area contributed by atoms with Crippen LogP contribution >= 0.6 is 11.6 Å². The molecule has 0 aliphatic heterocycles. The first-order valence-electron chi connectivity index (χ1n) is 10.2. The van der Waals surface area contributed by atoms with Gasteiger partial charge in [-0.3, -0.25) is 4.79 Å². The number of benzene rings is 1. The highest BCUT2D eigenvalue weighted by atomic mass is 35.5. The van der Waals surface area contributed by atoms with E-state index in [2.05, 4.69) is 23.3 Å². The molecule has 3 aliphatic rings. The molecule has 3 aliphatic carbocycles. The number of halogens is 1. The Balaban J connectivity index is 1.29. The van der Waals surface area contributed by atoms with Gasteiger partial charge >= 0.3 is 0 Å². The first kappa shape index (κ1) is 16.7. The zero-order chi connectivity index (χ0) is 17.8. The van der Waals surface area contributed by atoms with Crippen molar-refractivity contribution in [2.45, 2.75) is 64.3 Å². The lowest BCUT2D eigenvalue weighted by molar-refractivity contribution is -0.123. The predicted octanol–water partition coefficient (Wildman–Crippen LogP) is 4.93. The molecule has 0 radical (unpaired) electrons. The van der Waals surface area contributed by atoms with Crippen molar-refractivity contribution in [3.8, 4) is 0 Å². The number of carbonyl (C=O) groups is 1. The largest absolute Gasteiger partial charge is 0.358 e. The van der Waals surface area contributed by atoms with Gasteiger partial charge in [-0.15, -0.1) is 0 Å². The van der Waals surface area contributed by atoms with Crippen LogP contribution in [0.5, 0.6) is 0 Å². The summed E-state index contributed by atoms with van der Waals surface area (Å²) in [6.45, 7) is 2.10. The molecule has 2 N–H and O–H groups in total. The summed E-state index contributed by atoms with van der Waals surface area (Å²) in [7, 11) is 0. The minimum absolute atomic E-state index is 0.256. The molecule has 1 aromatic heterocycles. The Bertz CT molecular complexity index is 871. The summed E-state index contributed by atoms with van der Waals surface area (Å²) in [6.07, 6.45) is 9.09. The molecular formula is C22H27ClN2O. The molecule has 26 heavy (non-hydrogen) atoms. The maximum Gasteiger partial charge on any atom is 0.220 e. The van der Waals surface area contributed by atoms with E-state index >= 15 is 0 Å². The van der Waals surface area contributed by atoms with Crippen molar-refractivity contribution in [2.75, 3.05) is 0 Å². The lowest BCUT2D eigenvalue weighted by Crippen LogP contribution is -2.39. The Labute approximate surface area is 159 Å². The van der Waals surface area contributed by atoms with E-state index in [1.807, 2.05) is 6.07 Å². The zero-order valence-corrected chi connectivity index (χ0v) is 16.2. The van der Waals surface area contributed by atoms with Gasteiger partial charge in [0.2, 0.25) is 5.91 Å². The smallest absolute Gasteiger partial charge is 0.220 e. The third kappa shape index (κ3) is 2.85. The fourth-order valence-electron chi connectivity index (χ4n) is 5.92. The molecule has 2 bridgehead atoms. The van der Waals surface area contributed by atoms with Crippen molar-refractivity contribution >= 4 is 28.4 Å².